The number of amides is 4. The van der Waals surface area contributed by atoms with Crippen molar-refractivity contribution in [3.8, 4) is 0 Å². The normalized spacial score (nSPS) is 22.6. The Morgan fingerprint density at radius 2 is 1.16 bits per heavy atom. The Balaban J connectivity index is 0.000000756. The van der Waals surface area contributed by atoms with Gasteiger partial charge in [-0.25, -0.2) is 4.98 Å². The van der Waals surface area contributed by atoms with Crippen molar-refractivity contribution in [1.82, 2.24) is 31.2 Å². The number of halogens is 1. The molecule has 30 heteroatoms. The Morgan fingerprint density at radius 3 is 1.61 bits per heavy atom. The van der Waals surface area contributed by atoms with E-state index in [0.717, 1.165) is 12.3 Å². The number of esters is 2. The third-order valence-electron chi connectivity index (χ3n) is 10.5. The van der Waals surface area contributed by atoms with E-state index >= 15 is 0 Å². The summed E-state index contributed by atoms with van der Waals surface area (Å²) in [5, 5.41) is 50.6. The average Bonchev–Trinajstić information content (AvgIpc) is 3.35. The molecule has 2 aliphatic rings. The van der Waals surface area contributed by atoms with Crippen LogP contribution in [0.15, 0.2) is 36.7 Å². The Hall–Kier alpha value is -6.19. The molecule has 76 heavy (non-hydrogen) atoms. The number of nitrogens with one attached hydrogen (secondary N) is 4. The summed E-state index contributed by atoms with van der Waals surface area (Å²) in [5.41, 5.74) is 6.07. The van der Waals surface area contributed by atoms with Gasteiger partial charge in [0.25, 0.3) is 11.8 Å². The predicted molar refractivity (Wildman–Crippen MR) is 262 cm³/mol. The minimum absolute atomic E-state index is 0. The maximum Gasteiger partial charge on any atom is 0.363 e. The summed E-state index contributed by atoms with van der Waals surface area (Å²) in [4.78, 5) is 87.5. The van der Waals surface area contributed by atoms with Crippen molar-refractivity contribution in [2.24, 2.45) is 5.92 Å². The number of nitro groups is 1. The van der Waals surface area contributed by atoms with Crippen LogP contribution in [-0.2, 0) is 66.5 Å². The first-order valence-corrected chi connectivity index (χ1v) is 23.4. The van der Waals surface area contributed by atoms with Crippen LogP contribution in [0, 0.1) is 16.0 Å². The first kappa shape index (κ1) is 67.8. The molecule has 0 radical (unpaired) electrons. The molecule has 0 spiro atoms. The van der Waals surface area contributed by atoms with Crippen molar-refractivity contribution in [2.75, 3.05) is 98.1 Å². The second-order valence-electron chi connectivity index (χ2n) is 16.3. The highest BCUT2D eigenvalue weighted by molar-refractivity contribution is 5.94. The summed E-state index contributed by atoms with van der Waals surface area (Å²) in [6, 6.07) is 3.94. The third-order valence-corrected chi connectivity index (χ3v) is 10.5. The minimum Gasteiger partial charge on any atom is -0.463 e. The molecule has 10 atom stereocenters. The van der Waals surface area contributed by atoms with Gasteiger partial charge in [0.05, 0.1) is 89.8 Å². The lowest BCUT2D eigenvalue weighted by atomic mass is 9.88. The molecule has 2 aromatic rings. The Morgan fingerprint density at radius 1 is 0.684 bits per heavy atom. The lowest BCUT2D eigenvalue weighted by Crippen LogP contribution is -2.64. The summed E-state index contributed by atoms with van der Waals surface area (Å²) < 4.78 is 54.8. The predicted octanol–water partition coefficient (Wildman–Crippen LogP) is -1.69. The number of anilines is 1. The van der Waals surface area contributed by atoms with Crippen LogP contribution < -0.4 is 27.0 Å². The molecule has 2 aromatic heterocycles. The van der Waals surface area contributed by atoms with Gasteiger partial charge >= 0.3 is 17.8 Å². The van der Waals surface area contributed by atoms with E-state index in [0.29, 0.717) is 31.1 Å². The van der Waals surface area contributed by atoms with Crippen LogP contribution in [-0.4, -0.2) is 213 Å². The Kier molecular flexibility index (Phi) is 32.8. The van der Waals surface area contributed by atoms with Gasteiger partial charge < -0.3 is 99.8 Å². The molecule has 29 nitrogen and oxygen atoms in total. The third kappa shape index (κ3) is 24.7. The minimum atomic E-state index is -1.37. The number of aliphatic hydroxyl groups is 3. The summed E-state index contributed by atoms with van der Waals surface area (Å²) in [6.45, 7) is 8.83. The fourth-order valence-electron chi connectivity index (χ4n) is 6.96. The molecule has 9 N–H and O–H groups in total. The van der Waals surface area contributed by atoms with Crippen molar-refractivity contribution < 1.29 is 101 Å². The highest BCUT2D eigenvalue weighted by atomic mass is 19.0. The number of aliphatic hydroxyl groups excluding tert-OH is 3. The molecule has 0 bridgehead atoms. The molecule has 2 aliphatic heterocycles. The molecule has 4 unspecified atom stereocenters. The zero-order chi connectivity index (χ0) is 54.6. The number of pyridine rings is 2. The Bertz CT molecular complexity index is 2060. The fraction of sp³-hybridized carbons (Fsp3) is 0.652. The number of hydrogen-bond acceptors (Lipinski definition) is 24. The quantitative estimate of drug-likeness (QED) is 0.0195. The largest absolute Gasteiger partial charge is 0.463 e. The van der Waals surface area contributed by atoms with E-state index in [4.69, 9.17) is 53.1 Å². The number of nitrogens with zero attached hydrogens (tertiary/aromatic N) is 3. The van der Waals surface area contributed by atoms with E-state index in [9.17, 15) is 54.2 Å². The van der Waals surface area contributed by atoms with Crippen LogP contribution in [0.4, 0.5) is 16.3 Å². The smallest absolute Gasteiger partial charge is 0.363 e. The van der Waals surface area contributed by atoms with E-state index in [1.54, 1.807) is 19.1 Å². The highest BCUT2D eigenvalue weighted by Gasteiger charge is 2.47. The lowest BCUT2D eigenvalue weighted by Gasteiger charge is -2.44. The van der Waals surface area contributed by atoms with Crippen LogP contribution in [0.2, 0.25) is 0 Å². The summed E-state index contributed by atoms with van der Waals surface area (Å²) >= 11 is 0. The van der Waals surface area contributed by atoms with E-state index in [-0.39, 0.29) is 101 Å². The van der Waals surface area contributed by atoms with Crippen molar-refractivity contribution in [1.29, 1.82) is 0 Å². The topological polar surface area (TPSA) is 398 Å². The monoisotopic (exact) mass is 1090 g/mol. The molecular weight excluding hydrogens is 1020 g/mol. The van der Waals surface area contributed by atoms with E-state index in [2.05, 4.69) is 31.2 Å². The van der Waals surface area contributed by atoms with Gasteiger partial charge in [0.1, 0.15) is 49.0 Å². The van der Waals surface area contributed by atoms with Gasteiger partial charge in [-0.05, 0) is 28.1 Å². The summed E-state index contributed by atoms with van der Waals surface area (Å²) in [5.74, 6) is -2.96. The average molecular weight is 1090 g/mol. The first-order valence-electron chi connectivity index (χ1n) is 23.4. The number of rotatable bonds is 29. The summed E-state index contributed by atoms with van der Waals surface area (Å²) in [7, 11) is 0. The number of nitrogen functional groups attached to an aromatic ring is 1. The van der Waals surface area contributed by atoms with Gasteiger partial charge in [0.15, 0.2) is 18.8 Å². The number of hydrogen-bond donors (Lipinski definition) is 8. The maximum atomic E-state index is 12.0. The van der Waals surface area contributed by atoms with Crippen LogP contribution in [0.5, 0.6) is 0 Å². The fourth-order valence-corrected chi connectivity index (χ4v) is 6.96. The van der Waals surface area contributed by atoms with Crippen molar-refractivity contribution in [3.63, 3.8) is 0 Å². The molecule has 2 saturated heterocycles. The van der Waals surface area contributed by atoms with Crippen LogP contribution >= 0.6 is 0 Å². The van der Waals surface area contributed by atoms with Gasteiger partial charge in [-0.15, -0.1) is 0 Å². The standard InChI is InChI=1S/C25H36N4O12.C20H32N4O9.CH4.FH/c1-15-22(28-16(2)30)25(41-20(14-39-17(3)31)23(15)40-18(4)32)38-12-11-37-10-9-36-8-7-26-24(33)19-5-6-21(27-13-19)29(34)35;1-12(26)24-16-18(28)17(27)14(11-25)33-20(16)32-9-8-31-7-6-30-5-4-22-19(29)13-2-3-15(21)23-10-13;;/h5-6,13,15,20,22-23,25H,7-12,14H2,1-4H3,(H,26,33)(H,28,30);2-3,10,14,16-18,20,25,27-28H,4-9,11H2,1H3,(H2,21,23)(H,22,29)(H,24,26);1H4;1H/t15-,20?,22?,23-,25-;14?,16?,17-,18+,20+;;/m10../s1. The van der Waals surface area contributed by atoms with Gasteiger partial charge in [-0.2, -0.15) is 0 Å². The number of nitrogens with two attached hydrogens (primary N) is 1. The zero-order valence-electron chi connectivity index (χ0n) is 42.2. The van der Waals surface area contributed by atoms with Gasteiger partial charge in [-0.3, -0.25) is 33.5 Å². The first-order chi connectivity index (χ1) is 35.3. The molecule has 0 aliphatic carbocycles. The van der Waals surface area contributed by atoms with Gasteiger partial charge in [-0.1, -0.05) is 14.4 Å². The second-order valence-corrected chi connectivity index (χ2v) is 16.3. The Labute approximate surface area is 437 Å². The zero-order valence-corrected chi connectivity index (χ0v) is 42.2. The number of carbonyl (C=O) groups is 6. The molecule has 2 fully saturated rings. The number of carbonyl (C=O) groups excluding carboxylic acids is 6. The van der Waals surface area contributed by atoms with E-state index in [1.165, 1.54) is 40.0 Å². The molecular formula is C46H73FN8O21. The van der Waals surface area contributed by atoms with Gasteiger partial charge in [0, 0.05) is 59.0 Å². The van der Waals surface area contributed by atoms with Crippen molar-refractivity contribution >= 4 is 47.2 Å². The van der Waals surface area contributed by atoms with E-state index in [1.807, 2.05) is 0 Å². The molecule has 4 amide bonds. The molecule has 0 aromatic carbocycles. The molecule has 4 rings (SSSR count). The van der Waals surface area contributed by atoms with Crippen LogP contribution in [0.25, 0.3) is 0 Å². The number of aromatic nitrogens is 2. The molecule has 0 saturated carbocycles. The van der Waals surface area contributed by atoms with E-state index < -0.39 is 96.4 Å². The molecule has 4 heterocycles. The maximum absolute atomic E-state index is 12.0. The number of ether oxygens (including phenoxy) is 10. The van der Waals surface area contributed by atoms with Gasteiger partial charge in [0.2, 0.25) is 11.8 Å². The van der Waals surface area contributed by atoms with Crippen LogP contribution in [0.1, 0.15) is 62.8 Å². The summed E-state index contributed by atoms with van der Waals surface area (Å²) in [6.07, 6.45) is -4.83. The highest BCUT2D eigenvalue weighted by Crippen LogP contribution is 2.30. The second kappa shape index (κ2) is 36.7. The van der Waals surface area contributed by atoms with Crippen LogP contribution in [0.3, 0.4) is 0 Å². The molecule has 430 valence electrons. The SMILES string of the molecule is C.CC(=O)NC1[C@H](OCCOCCOCCNC(=O)c2ccc(N)nc2)OC(CO)[C@H](O)[C@@H]1O.CC(=O)NC1[C@H](OCCOCCOCCNC(=O)c2ccc([N+](=O)[O-])nc2)OC(COC(C)=O)[C@H](OC(C)=O)[C@@H]1C.F. The van der Waals surface area contributed by atoms with Crippen molar-refractivity contribution in [2.45, 2.75) is 97.2 Å². The lowest BCUT2D eigenvalue weighted by molar-refractivity contribution is -0.389. The van der Waals surface area contributed by atoms with Crippen molar-refractivity contribution in [3.05, 3.63) is 57.9 Å².